The average Bonchev–Trinajstić information content (AvgIpc) is 2.49. The van der Waals surface area contributed by atoms with Gasteiger partial charge in [-0.15, -0.1) is 0 Å². The fourth-order valence-corrected chi connectivity index (χ4v) is 2.56. The second-order valence-corrected chi connectivity index (χ2v) is 5.17. The number of hydrogen-bond donors (Lipinski definition) is 2. The highest BCUT2D eigenvalue weighted by molar-refractivity contribution is 5.50. The largest absolute Gasteiger partial charge is 0.336 e. The predicted octanol–water partition coefficient (Wildman–Crippen LogP) is 1.94. The molecule has 2 heterocycles. The molecule has 3 rings (SSSR count). The van der Waals surface area contributed by atoms with E-state index >= 15 is 0 Å². The molecular weight excluding hydrogens is 250 g/mol. The number of nitrogens with one attached hydrogen (secondary N) is 1. The molecule has 2 aromatic rings. The highest BCUT2D eigenvalue weighted by atomic mass is 15.3. The molecule has 1 aliphatic heterocycles. The van der Waals surface area contributed by atoms with Crippen LogP contribution in [0.25, 0.3) is 0 Å². The van der Waals surface area contributed by atoms with Gasteiger partial charge < -0.3 is 10.3 Å². The Balaban J connectivity index is 1.93. The number of benzene rings is 1. The van der Waals surface area contributed by atoms with Gasteiger partial charge in [0.2, 0.25) is 5.95 Å². The smallest absolute Gasteiger partial charge is 0.227 e. The van der Waals surface area contributed by atoms with Crippen LogP contribution >= 0.6 is 0 Å². The molecule has 1 aromatic carbocycles. The Labute approximate surface area is 118 Å². The van der Waals surface area contributed by atoms with Crippen molar-refractivity contribution in [2.24, 2.45) is 5.84 Å². The maximum absolute atomic E-state index is 5.54. The molecule has 0 fully saturated rings. The average molecular weight is 269 g/mol. The zero-order valence-electron chi connectivity index (χ0n) is 11.8. The van der Waals surface area contributed by atoms with Crippen LogP contribution in [0.2, 0.25) is 0 Å². The highest BCUT2D eigenvalue weighted by Crippen LogP contribution is 2.24. The molecule has 5 heteroatoms. The zero-order valence-corrected chi connectivity index (χ0v) is 11.8. The lowest BCUT2D eigenvalue weighted by Crippen LogP contribution is -2.32. The first-order valence-corrected chi connectivity index (χ1v) is 6.82. The Hall–Kier alpha value is -2.14. The molecule has 0 spiro atoms. The summed E-state index contributed by atoms with van der Waals surface area (Å²) in [6.07, 6.45) is 1.03. The van der Waals surface area contributed by atoms with Crippen molar-refractivity contribution in [1.82, 2.24) is 9.97 Å². The molecule has 1 aliphatic rings. The number of nitrogens with zero attached hydrogens (tertiary/aromatic N) is 3. The minimum absolute atomic E-state index is 0.700. The summed E-state index contributed by atoms with van der Waals surface area (Å²) in [7, 11) is 0. The normalized spacial score (nSPS) is 14.1. The number of aromatic nitrogens is 2. The third-order valence-electron chi connectivity index (χ3n) is 3.93. The summed E-state index contributed by atoms with van der Waals surface area (Å²) in [5.74, 6) is 6.98. The van der Waals surface area contributed by atoms with Gasteiger partial charge in [0.1, 0.15) is 5.82 Å². The molecule has 20 heavy (non-hydrogen) atoms. The standard InChI is InChI=1S/C15H19N5/c1-10-11(2)17-15(18-14(10)19-16)20-8-7-12-5-3-4-6-13(12)9-20/h3-6H,7-9,16H2,1-2H3,(H,17,18,19). The van der Waals surface area contributed by atoms with Crippen molar-refractivity contribution in [1.29, 1.82) is 0 Å². The summed E-state index contributed by atoms with van der Waals surface area (Å²) < 4.78 is 0. The van der Waals surface area contributed by atoms with E-state index in [0.29, 0.717) is 5.82 Å². The van der Waals surface area contributed by atoms with E-state index in [-0.39, 0.29) is 0 Å². The van der Waals surface area contributed by atoms with Gasteiger partial charge in [-0.1, -0.05) is 24.3 Å². The van der Waals surface area contributed by atoms with Crippen LogP contribution in [0.15, 0.2) is 24.3 Å². The Kier molecular flexibility index (Phi) is 3.28. The van der Waals surface area contributed by atoms with Crippen LogP contribution in [0.4, 0.5) is 11.8 Å². The maximum Gasteiger partial charge on any atom is 0.227 e. The molecule has 0 aliphatic carbocycles. The summed E-state index contributed by atoms with van der Waals surface area (Å²) in [5.41, 5.74) is 7.38. The summed E-state index contributed by atoms with van der Waals surface area (Å²) in [5, 5.41) is 0. The number of anilines is 2. The third kappa shape index (κ3) is 2.20. The maximum atomic E-state index is 5.54. The monoisotopic (exact) mass is 269 g/mol. The van der Waals surface area contributed by atoms with E-state index < -0.39 is 0 Å². The highest BCUT2D eigenvalue weighted by Gasteiger charge is 2.19. The van der Waals surface area contributed by atoms with Crippen molar-refractivity contribution in [3.8, 4) is 0 Å². The van der Waals surface area contributed by atoms with E-state index in [1.54, 1.807) is 0 Å². The Morgan fingerprint density at radius 2 is 1.90 bits per heavy atom. The number of fused-ring (bicyclic) bond motifs is 1. The first kappa shape index (κ1) is 12.9. The zero-order chi connectivity index (χ0) is 14.1. The number of hydrazine groups is 1. The summed E-state index contributed by atoms with van der Waals surface area (Å²) in [6.45, 7) is 5.74. The van der Waals surface area contributed by atoms with Crippen LogP contribution in [-0.2, 0) is 13.0 Å². The topological polar surface area (TPSA) is 67.1 Å². The number of nitrogens with two attached hydrogens (primary N) is 1. The molecule has 0 amide bonds. The molecule has 0 atom stereocenters. The van der Waals surface area contributed by atoms with Crippen molar-refractivity contribution >= 4 is 11.8 Å². The van der Waals surface area contributed by atoms with Crippen LogP contribution in [0.1, 0.15) is 22.4 Å². The molecule has 0 saturated heterocycles. The molecular formula is C15H19N5. The van der Waals surface area contributed by atoms with Crippen molar-refractivity contribution in [3.05, 3.63) is 46.6 Å². The molecule has 0 saturated carbocycles. The van der Waals surface area contributed by atoms with Gasteiger partial charge in [-0.25, -0.2) is 10.8 Å². The first-order valence-electron chi connectivity index (χ1n) is 6.82. The van der Waals surface area contributed by atoms with Gasteiger partial charge in [0, 0.05) is 24.3 Å². The van der Waals surface area contributed by atoms with Crippen LogP contribution in [0.3, 0.4) is 0 Å². The van der Waals surface area contributed by atoms with E-state index in [9.17, 15) is 0 Å². The summed E-state index contributed by atoms with van der Waals surface area (Å²) >= 11 is 0. The molecule has 3 N–H and O–H groups in total. The van der Waals surface area contributed by atoms with Gasteiger partial charge in [0.15, 0.2) is 0 Å². The lowest BCUT2D eigenvalue weighted by atomic mass is 10.0. The van der Waals surface area contributed by atoms with Crippen LogP contribution in [0.5, 0.6) is 0 Å². The van der Waals surface area contributed by atoms with E-state index in [1.807, 2.05) is 13.8 Å². The van der Waals surface area contributed by atoms with Crippen LogP contribution < -0.4 is 16.2 Å². The molecule has 0 bridgehead atoms. The summed E-state index contributed by atoms with van der Waals surface area (Å²) in [4.78, 5) is 11.3. The minimum Gasteiger partial charge on any atom is -0.336 e. The lowest BCUT2D eigenvalue weighted by molar-refractivity contribution is 0.705. The molecule has 0 radical (unpaired) electrons. The lowest BCUT2D eigenvalue weighted by Gasteiger charge is -2.29. The van der Waals surface area contributed by atoms with Gasteiger partial charge >= 0.3 is 0 Å². The first-order chi connectivity index (χ1) is 9.69. The second-order valence-electron chi connectivity index (χ2n) is 5.17. The number of aryl methyl sites for hydroxylation is 1. The minimum atomic E-state index is 0.700. The van der Waals surface area contributed by atoms with Gasteiger partial charge in [-0.2, -0.15) is 4.98 Å². The molecule has 5 nitrogen and oxygen atoms in total. The molecule has 104 valence electrons. The van der Waals surface area contributed by atoms with Gasteiger partial charge in [-0.05, 0) is 31.4 Å². The van der Waals surface area contributed by atoms with Crippen molar-refractivity contribution in [2.45, 2.75) is 26.8 Å². The summed E-state index contributed by atoms with van der Waals surface area (Å²) in [6, 6.07) is 8.54. The predicted molar refractivity (Wildman–Crippen MR) is 80.5 cm³/mol. The number of rotatable bonds is 2. The van der Waals surface area contributed by atoms with Crippen molar-refractivity contribution in [2.75, 3.05) is 16.9 Å². The fraction of sp³-hybridized carbons (Fsp3) is 0.333. The molecule has 0 unspecified atom stereocenters. The number of nitrogen functional groups attached to an aromatic ring is 1. The van der Waals surface area contributed by atoms with E-state index in [1.165, 1.54) is 11.1 Å². The van der Waals surface area contributed by atoms with Crippen molar-refractivity contribution < 1.29 is 0 Å². The van der Waals surface area contributed by atoms with E-state index in [0.717, 1.165) is 36.7 Å². The molecule has 1 aromatic heterocycles. The SMILES string of the molecule is Cc1nc(N2CCc3ccccc3C2)nc(NN)c1C. The van der Waals surface area contributed by atoms with Gasteiger partial charge in [0.05, 0.1) is 0 Å². The van der Waals surface area contributed by atoms with Crippen LogP contribution in [-0.4, -0.2) is 16.5 Å². The Bertz CT molecular complexity index is 638. The van der Waals surface area contributed by atoms with Crippen molar-refractivity contribution in [3.63, 3.8) is 0 Å². The van der Waals surface area contributed by atoms with Gasteiger partial charge in [-0.3, -0.25) is 0 Å². The second kappa shape index (κ2) is 5.09. The van der Waals surface area contributed by atoms with E-state index in [2.05, 4.69) is 44.6 Å². The van der Waals surface area contributed by atoms with E-state index in [4.69, 9.17) is 5.84 Å². The van der Waals surface area contributed by atoms with Gasteiger partial charge in [0.25, 0.3) is 0 Å². The van der Waals surface area contributed by atoms with Crippen LogP contribution in [0, 0.1) is 13.8 Å². The Morgan fingerprint density at radius 1 is 1.15 bits per heavy atom. The quantitative estimate of drug-likeness (QED) is 0.644. The fourth-order valence-electron chi connectivity index (χ4n) is 2.56. The number of hydrogen-bond acceptors (Lipinski definition) is 5. The Morgan fingerprint density at radius 3 is 2.65 bits per heavy atom. The third-order valence-corrected chi connectivity index (χ3v) is 3.93.